The minimum Gasteiger partial charge on any atom is -0.495 e. The Morgan fingerprint density at radius 1 is 1.20 bits per heavy atom. The topological polar surface area (TPSA) is 99.7 Å². The van der Waals surface area contributed by atoms with Crippen LogP contribution in [0.25, 0.3) is 0 Å². The first-order valence-corrected chi connectivity index (χ1v) is 13.6. The molecule has 0 unspecified atom stereocenters. The van der Waals surface area contributed by atoms with Gasteiger partial charge in [-0.3, -0.25) is 9.59 Å². The molecular weight excluding hydrogens is 525 g/mol. The summed E-state index contributed by atoms with van der Waals surface area (Å²) in [5, 5.41) is 5.97. The van der Waals surface area contributed by atoms with Gasteiger partial charge in [0.15, 0.2) is 5.82 Å². The Hall–Kier alpha value is -3.57. The molecule has 2 aliphatic carbocycles. The second kappa shape index (κ2) is 10.4. The number of carbonyl (C=O) groups is 2. The Morgan fingerprint density at radius 2 is 1.98 bits per heavy atom. The van der Waals surface area contributed by atoms with E-state index < -0.39 is 23.6 Å². The van der Waals surface area contributed by atoms with Gasteiger partial charge in [-0.05, 0) is 57.7 Å². The average molecular weight is 561 g/mol. The van der Waals surface area contributed by atoms with E-state index in [9.17, 15) is 22.8 Å². The molecular formula is C28H35F3N6O3. The minimum atomic E-state index is -2.77. The Balaban J connectivity index is 1.42. The fourth-order valence-corrected chi connectivity index (χ4v) is 5.88. The number of hydrogen-bond donors (Lipinski definition) is 2. The van der Waals surface area contributed by atoms with Crippen molar-refractivity contribution in [2.24, 2.45) is 5.41 Å². The Labute approximate surface area is 231 Å². The van der Waals surface area contributed by atoms with Crippen LogP contribution >= 0.6 is 0 Å². The van der Waals surface area contributed by atoms with Crippen LogP contribution in [0.4, 0.5) is 36.3 Å². The first-order chi connectivity index (χ1) is 18.9. The third-order valence-electron chi connectivity index (χ3n) is 8.07. The van der Waals surface area contributed by atoms with Gasteiger partial charge < -0.3 is 25.2 Å². The molecule has 0 saturated heterocycles. The average Bonchev–Trinajstić information content (AvgIpc) is 3.48. The van der Waals surface area contributed by atoms with Gasteiger partial charge in [0.1, 0.15) is 17.6 Å². The molecule has 2 aromatic rings. The summed E-state index contributed by atoms with van der Waals surface area (Å²) < 4.78 is 47.5. The third-order valence-corrected chi connectivity index (χ3v) is 8.07. The lowest BCUT2D eigenvalue weighted by atomic mass is 9.91. The van der Waals surface area contributed by atoms with Gasteiger partial charge in [-0.15, -0.1) is 0 Å². The monoisotopic (exact) mass is 560 g/mol. The maximum Gasteiger partial charge on any atom is 0.251 e. The lowest BCUT2D eigenvalue weighted by Crippen LogP contribution is -2.45. The number of carbonyl (C=O) groups excluding carboxylic acids is 2. The Kier molecular flexibility index (Phi) is 7.30. The van der Waals surface area contributed by atoms with Gasteiger partial charge in [-0.1, -0.05) is 0 Å². The first kappa shape index (κ1) is 28.0. The fraction of sp³-hybridized carbons (Fsp3) is 0.571. The zero-order chi connectivity index (χ0) is 28.8. The molecule has 3 atom stereocenters. The maximum absolute atomic E-state index is 14.2. The molecule has 3 aliphatic rings. The third kappa shape index (κ3) is 5.53. The summed E-state index contributed by atoms with van der Waals surface area (Å²) >= 11 is 0. The summed E-state index contributed by atoms with van der Waals surface area (Å²) in [7, 11) is 3.10. The van der Waals surface area contributed by atoms with E-state index in [4.69, 9.17) is 9.72 Å². The van der Waals surface area contributed by atoms with E-state index in [2.05, 4.69) is 15.6 Å². The molecule has 12 heteroatoms. The SMILES string of the molecule is COc1cc(C(=O)N[C@@H]2CC[C@@H](F)C2)ccc1Nc1ncc2c(n1)N([C@@H]1CCC(F)(F)C1)CC(C)(C)C(=O)N2C. The van der Waals surface area contributed by atoms with Crippen LogP contribution in [-0.4, -0.2) is 66.7 Å². The van der Waals surface area contributed by atoms with Crippen molar-refractivity contribution in [1.82, 2.24) is 15.3 Å². The minimum absolute atomic E-state index is 0.152. The molecule has 216 valence electrons. The van der Waals surface area contributed by atoms with Crippen LogP contribution in [0.2, 0.25) is 0 Å². The largest absolute Gasteiger partial charge is 0.495 e. The normalized spacial score (nSPS) is 25.4. The molecule has 1 aromatic heterocycles. The standard InChI is InChI=1S/C28H35F3N6O3/c1-27(2)15-37(19-9-10-28(30,31)13-19)23-21(36(3)25(27)39)14-32-26(35-23)34-20-8-5-16(11-22(20)40-4)24(38)33-18-7-6-17(29)12-18/h5,8,11,14,17-19H,6-7,9-10,12-13,15H2,1-4H3,(H,33,38)(H,32,34,35)/t17-,18-,19-/m1/s1. The smallest absolute Gasteiger partial charge is 0.251 e. The zero-order valence-corrected chi connectivity index (χ0v) is 23.1. The maximum atomic E-state index is 14.2. The molecule has 5 rings (SSSR count). The summed E-state index contributed by atoms with van der Waals surface area (Å²) in [6.07, 6.45) is 1.75. The molecule has 2 N–H and O–H groups in total. The first-order valence-electron chi connectivity index (χ1n) is 13.6. The van der Waals surface area contributed by atoms with Gasteiger partial charge in [0.05, 0.1) is 24.4 Å². The Morgan fingerprint density at radius 3 is 2.62 bits per heavy atom. The summed E-state index contributed by atoms with van der Waals surface area (Å²) in [4.78, 5) is 38.3. The van der Waals surface area contributed by atoms with Crippen molar-refractivity contribution in [3.05, 3.63) is 30.0 Å². The van der Waals surface area contributed by atoms with Gasteiger partial charge in [-0.25, -0.2) is 18.2 Å². The quantitative estimate of drug-likeness (QED) is 0.521. The molecule has 1 aliphatic heterocycles. The fourth-order valence-electron chi connectivity index (χ4n) is 5.88. The molecule has 2 saturated carbocycles. The van der Waals surface area contributed by atoms with Crippen LogP contribution in [-0.2, 0) is 4.79 Å². The van der Waals surface area contributed by atoms with Gasteiger partial charge in [0.2, 0.25) is 17.8 Å². The zero-order valence-electron chi connectivity index (χ0n) is 23.1. The number of nitrogens with one attached hydrogen (secondary N) is 2. The van der Waals surface area contributed by atoms with Crippen molar-refractivity contribution in [2.75, 3.05) is 35.8 Å². The number of methoxy groups -OCH3 is 1. The van der Waals surface area contributed by atoms with Crippen molar-refractivity contribution in [3.63, 3.8) is 0 Å². The van der Waals surface area contributed by atoms with Crippen LogP contribution in [0.15, 0.2) is 24.4 Å². The van der Waals surface area contributed by atoms with E-state index in [1.165, 1.54) is 18.2 Å². The molecule has 9 nitrogen and oxygen atoms in total. The van der Waals surface area contributed by atoms with Crippen molar-refractivity contribution in [2.45, 2.75) is 76.6 Å². The van der Waals surface area contributed by atoms with E-state index in [-0.39, 0.29) is 49.6 Å². The molecule has 40 heavy (non-hydrogen) atoms. The number of benzene rings is 1. The molecule has 0 spiro atoms. The second-order valence-corrected chi connectivity index (χ2v) is 11.7. The lowest BCUT2D eigenvalue weighted by molar-refractivity contribution is -0.125. The number of amides is 2. The predicted molar refractivity (Wildman–Crippen MR) is 145 cm³/mol. The van der Waals surface area contributed by atoms with Crippen LogP contribution in [0.5, 0.6) is 5.75 Å². The van der Waals surface area contributed by atoms with Crippen molar-refractivity contribution in [1.29, 1.82) is 0 Å². The molecule has 2 amide bonds. The van der Waals surface area contributed by atoms with Gasteiger partial charge >= 0.3 is 0 Å². The van der Waals surface area contributed by atoms with Gasteiger partial charge in [0.25, 0.3) is 5.91 Å². The number of alkyl halides is 3. The highest BCUT2D eigenvalue weighted by Crippen LogP contribution is 2.44. The number of fused-ring (bicyclic) bond motifs is 1. The van der Waals surface area contributed by atoms with E-state index in [1.54, 1.807) is 39.1 Å². The van der Waals surface area contributed by atoms with Gasteiger partial charge in [0, 0.05) is 44.1 Å². The summed E-state index contributed by atoms with van der Waals surface area (Å²) in [5.41, 5.74) is 0.464. The second-order valence-electron chi connectivity index (χ2n) is 11.7. The van der Waals surface area contributed by atoms with Crippen LogP contribution in [0.3, 0.4) is 0 Å². The molecule has 0 bridgehead atoms. The highest BCUT2D eigenvalue weighted by molar-refractivity contribution is 6.01. The van der Waals surface area contributed by atoms with E-state index in [0.717, 1.165) is 0 Å². The van der Waals surface area contributed by atoms with E-state index >= 15 is 0 Å². The summed E-state index contributed by atoms with van der Waals surface area (Å²) in [5.74, 6) is -2.28. The summed E-state index contributed by atoms with van der Waals surface area (Å²) in [6, 6.07) is 4.17. The molecule has 2 fully saturated rings. The highest BCUT2D eigenvalue weighted by atomic mass is 19.3. The number of anilines is 4. The molecule has 2 heterocycles. The number of hydrogen-bond acceptors (Lipinski definition) is 7. The number of rotatable bonds is 6. The number of nitrogens with zero attached hydrogens (tertiary/aromatic N) is 4. The van der Waals surface area contributed by atoms with Crippen molar-refractivity contribution < 1.29 is 27.5 Å². The van der Waals surface area contributed by atoms with Crippen LogP contribution < -0.4 is 25.2 Å². The predicted octanol–water partition coefficient (Wildman–Crippen LogP) is 4.85. The molecule has 1 aromatic carbocycles. The van der Waals surface area contributed by atoms with Gasteiger partial charge in [-0.2, -0.15) is 4.98 Å². The van der Waals surface area contributed by atoms with Crippen molar-refractivity contribution >= 4 is 35.0 Å². The molecule has 0 radical (unpaired) electrons. The van der Waals surface area contributed by atoms with Crippen LogP contribution in [0.1, 0.15) is 62.7 Å². The number of halogens is 3. The summed E-state index contributed by atoms with van der Waals surface area (Å²) in [6.45, 7) is 3.84. The highest BCUT2D eigenvalue weighted by Gasteiger charge is 2.47. The van der Waals surface area contributed by atoms with Crippen molar-refractivity contribution in [3.8, 4) is 5.75 Å². The number of aromatic nitrogens is 2. The lowest BCUT2D eigenvalue weighted by Gasteiger charge is -2.34. The van der Waals surface area contributed by atoms with Crippen LogP contribution in [0, 0.1) is 5.41 Å². The van der Waals surface area contributed by atoms with E-state index in [0.29, 0.717) is 47.8 Å². The Bertz CT molecular complexity index is 1310. The number of ether oxygens (including phenoxy) is 1. The van der Waals surface area contributed by atoms with E-state index in [1.807, 2.05) is 4.90 Å².